The summed E-state index contributed by atoms with van der Waals surface area (Å²) in [6, 6.07) is 18.6. The molecule has 0 N–H and O–H groups in total. The van der Waals surface area contributed by atoms with Gasteiger partial charge in [0.25, 0.3) is 0 Å². The van der Waals surface area contributed by atoms with Gasteiger partial charge in [-0.1, -0.05) is 72.8 Å². The quantitative estimate of drug-likeness (QED) is 0.706. The minimum atomic E-state index is -0.00313. The van der Waals surface area contributed by atoms with Crippen molar-refractivity contribution in [2.45, 2.75) is 6.10 Å². The molecule has 1 nitrogen and oxygen atoms in total. The molecule has 0 radical (unpaired) electrons. The molecule has 1 aliphatic heterocycles. The molecule has 2 aromatic rings. The lowest BCUT2D eigenvalue weighted by molar-refractivity contribution is 0.186. The smallest absolute Gasteiger partial charge is 0.142 e. The number of rotatable bonds is 3. The Morgan fingerprint density at radius 1 is 0.800 bits per heavy atom. The molecule has 0 fully saturated rings. The fraction of sp³-hybridized carbons (Fsp3) is 0.0526. The van der Waals surface area contributed by atoms with Crippen LogP contribution in [0.1, 0.15) is 22.8 Å². The van der Waals surface area contributed by atoms with Crippen molar-refractivity contribution in [1.82, 2.24) is 0 Å². The average Bonchev–Trinajstić information content (AvgIpc) is 2.55. The van der Waals surface area contributed by atoms with Gasteiger partial charge in [-0.2, -0.15) is 0 Å². The highest BCUT2D eigenvalue weighted by molar-refractivity contribution is 5.71. The molecule has 0 saturated carbocycles. The van der Waals surface area contributed by atoms with Gasteiger partial charge < -0.3 is 4.74 Å². The van der Waals surface area contributed by atoms with Crippen molar-refractivity contribution in [1.29, 1.82) is 0 Å². The largest absolute Gasteiger partial charge is 0.489 e. The lowest BCUT2D eigenvalue weighted by Gasteiger charge is -2.17. The third-order valence-corrected chi connectivity index (χ3v) is 3.26. The van der Waals surface area contributed by atoms with Gasteiger partial charge in [0.1, 0.15) is 6.10 Å². The Labute approximate surface area is 119 Å². The summed E-state index contributed by atoms with van der Waals surface area (Å²) in [5, 5.41) is 0. The molecule has 98 valence electrons. The molecule has 0 saturated heterocycles. The first kappa shape index (κ1) is 12.5. The fourth-order valence-electron chi connectivity index (χ4n) is 2.23. The van der Waals surface area contributed by atoms with Gasteiger partial charge in [0.15, 0.2) is 0 Å². The number of benzene rings is 2. The average molecular weight is 260 g/mol. The maximum Gasteiger partial charge on any atom is 0.142 e. The first-order valence-corrected chi connectivity index (χ1v) is 6.74. The predicted molar refractivity (Wildman–Crippen MR) is 83.9 cm³/mol. The third kappa shape index (κ3) is 2.89. The number of hydrogen-bond donors (Lipinski definition) is 0. The van der Waals surface area contributed by atoms with Crippen LogP contribution < -0.4 is 0 Å². The number of hydrogen-bond acceptors (Lipinski definition) is 1. The van der Waals surface area contributed by atoms with E-state index < -0.39 is 0 Å². The minimum Gasteiger partial charge on any atom is -0.489 e. The second-order valence-electron chi connectivity index (χ2n) is 4.64. The van der Waals surface area contributed by atoms with Crippen LogP contribution in [0, 0.1) is 0 Å². The zero-order valence-electron chi connectivity index (χ0n) is 11.1. The van der Waals surface area contributed by atoms with E-state index in [9.17, 15) is 0 Å². The Hall–Kier alpha value is -2.54. The SMILES string of the molecule is C1=COC(c2ccccc2C=Cc2ccccc2)C=C1. The number of allylic oxidation sites excluding steroid dienone is 2. The molecule has 0 amide bonds. The van der Waals surface area contributed by atoms with Crippen LogP contribution in [0.25, 0.3) is 12.2 Å². The van der Waals surface area contributed by atoms with Gasteiger partial charge in [0, 0.05) is 5.56 Å². The van der Waals surface area contributed by atoms with Crippen LogP contribution in [-0.4, -0.2) is 0 Å². The summed E-state index contributed by atoms with van der Waals surface area (Å²) in [6.45, 7) is 0. The summed E-state index contributed by atoms with van der Waals surface area (Å²) in [4.78, 5) is 0. The van der Waals surface area contributed by atoms with Crippen molar-refractivity contribution in [2.24, 2.45) is 0 Å². The highest BCUT2D eigenvalue weighted by Gasteiger charge is 2.12. The predicted octanol–water partition coefficient (Wildman–Crippen LogP) is 5.00. The Balaban J connectivity index is 1.88. The van der Waals surface area contributed by atoms with Crippen molar-refractivity contribution in [3.05, 3.63) is 95.8 Å². The van der Waals surface area contributed by atoms with Gasteiger partial charge in [-0.05, 0) is 23.3 Å². The molecule has 3 rings (SSSR count). The topological polar surface area (TPSA) is 9.23 Å². The van der Waals surface area contributed by atoms with Crippen LogP contribution in [-0.2, 0) is 4.74 Å². The molecule has 0 aromatic heterocycles. The molecule has 1 unspecified atom stereocenters. The van der Waals surface area contributed by atoms with Gasteiger partial charge in [0.2, 0.25) is 0 Å². The zero-order valence-corrected chi connectivity index (χ0v) is 11.1. The van der Waals surface area contributed by atoms with Crippen LogP contribution >= 0.6 is 0 Å². The number of ether oxygens (including phenoxy) is 1. The summed E-state index contributed by atoms with van der Waals surface area (Å²) < 4.78 is 5.66. The third-order valence-electron chi connectivity index (χ3n) is 3.26. The van der Waals surface area contributed by atoms with Crippen LogP contribution in [0.3, 0.4) is 0 Å². The second-order valence-corrected chi connectivity index (χ2v) is 4.64. The summed E-state index contributed by atoms with van der Waals surface area (Å²) >= 11 is 0. The molecule has 20 heavy (non-hydrogen) atoms. The summed E-state index contributed by atoms with van der Waals surface area (Å²) in [6.07, 6.45) is 12.0. The molecule has 1 atom stereocenters. The van der Waals surface area contributed by atoms with E-state index in [0.29, 0.717) is 0 Å². The van der Waals surface area contributed by atoms with Gasteiger partial charge in [-0.3, -0.25) is 0 Å². The molecular formula is C19H16O. The highest BCUT2D eigenvalue weighted by atomic mass is 16.5. The second kappa shape index (κ2) is 6.07. The Morgan fingerprint density at radius 3 is 2.40 bits per heavy atom. The van der Waals surface area contributed by atoms with E-state index in [-0.39, 0.29) is 6.10 Å². The van der Waals surface area contributed by atoms with E-state index in [1.807, 2.05) is 36.4 Å². The molecule has 0 aliphatic carbocycles. The van der Waals surface area contributed by atoms with E-state index in [2.05, 4.69) is 48.6 Å². The monoisotopic (exact) mass is 260 g/mol. The summed E-state index contributed by atoms with van der Waals surface area (Å²) in [5.41, 5.74) is 3.56. The van der Waals surface area contributed by atoms with Crippen molar-refractivity contribution >= 4 is 12.2 Å². The first-order valence-electron chi connectivity index (χ1n) is 6.74. The normalized spacial score (nSPS) is 17.3. The standard InChI is InChI=1S/C19H16O/c1-2-8-16(9-3-1)13-14-17-10-4-5-11-18(17)19-12-6-7-15-20-19/h1-15,19H. The van der Waals surface area contributed by atoms with Crippen molar-refractivity contribution in [3.63, 3.8) is 0 Å². The van der Waals surface area contributed by atoms with Crippen molar-refractivity contribution in [2.75, 3.05) is 0 Å². The van der Waals surface area contributed by atoms with Crippen LogP contribution in [0.15, 0.2) is 79.1 Å². The van der Waals surface area contributed by atoms with Crippen molar-refractivity contribution in [3.8, 4) is 0 Å². The maximum absolute atomic E-state index is 5.66. The Morgan fingerprint density at radius 2 is 1.60 bits per heavy atom. The fourth-order valence-corrected chi connectivity index (χ4v) is 2.23. The summed E-state index contributed by atoms with van der Waals surface area (Å²) in [5.74, 6) is 0. The van der Waals surface area contributed by atoms with Crippen molar-refractivity contribution < 1.29 is 4.74 Å². The highest BCUT2D eigenvalue weighted by Crippen LogP contribution is 2.26. The molecule has 2 aromatic carbocycles. The minimum absolute atomic E-state index is 0.00313. The lowest BCUT2D eigenvalue weighted by atomic mass is 10.00. The van der Waals surface area contributed by atoms with Crippen LogP contribution in [0.5, 0.6) is 0 Å². The molecular weight excluding hydrogens is 244 g/mol. The van der Waals surface area contributed by atoms with Gasteiger partial charge in [-0.25, -0.2) is 0 Å². The van der Waals surface area contributed by atoms with Crippen LogP contribution in [0.4, 0.5) is 0 Å². The molecule has 0 bridgehead atoms. The van der Waals surface area contributed by atoms with E-state index in [1.165, 1.54) is 16.7 Å². The molecule has 1 heterocycles. The Bertz CT molecular complexity index is 650. The zero-order chi connectivity index (χ0) is 13.6. The molecule has 1 heteroatoms. The van der Waals surface area contributed by atoms with E-state index in [1.54, 1.807) is 6.26 Å². The molecule has 0 spiro atoms. The lowest BCUT2D eigenvalue weighted by Crippen LogP contribution is -2.01. The van der Waals surface area contributed by atoms with E-state index in [4.69, 9.17) is 4.74 Å². The van der Waals surface area contributed by atoms with Crippen LogP contribution in [0.2, 0.25) is 0 Å². The summed E-state index contributed by atoms with van der Waals surface area (Å²) in [7, 11) is 0. The Kier molecular flexibility index (Phi) is 3.79. The van der Waals surface area contributed by atoms with E-state index in [0.717, 1.165) is 0 Å². The van der Waals surface area contributed by atoms with Gasteiger partial charge in [0.05, 0.1) is 6.26 Å². The maximum atomic E-state index is 5.66. The molecule has 1 aliphatic rings. The first-order chi connectivity index (χ1) is 9.93. The van der Waals surface area contributed by atoms with Gasteiger partial charge in [-0.15, -0.1) is 0 Å². The van der Waals surface area contributed by atoms with Gasteiger partial charge >= 0.3 is 0 Å². The van der Waals surface area contributed by atoms with E-state index >= 15 is 0 Å².